The van der Waals surface area contributed by atoms with Gasteiger partial charge in [0.2, 0.25) is 0 Å². The fourth-order valence-corrected chi connectivity index (χ4v) is 2.28. The van der Waals surface area contributed by atoms with E-state index in [1.165, 1.54) is 0 Å². The largest absolute Gasteiger partial charge is 0.508 e. The van der Waals surface area contributed by atoms with E-state index in [2.05, 4.69) is 4.90 Å². The number of amides is 1. The van der Waals surface area contributed by atoms with Crippen LogP contribution < -0.4 is 0 Å². The van der Waals surface area contributed by atoms with Crippen LogP contribution in [-0.2, 0) is 16.1 Å². The van der Waals surface area contributed by atoms with E-state index >= 15 is 0 Å². The molecule has 7 heteroatoms. The van der Waals surface area contributed by atoms with Gasteiger partial charge in [-0.1, -0.05) is 12.1 Å². The number of carboxylic acid groups (broad SMARTS) is 1. The lowest BCUT2D eigenvalue weighted by atomic mass is 10.1. The maximum Gasteiger partial charge on any atom is 0.410 e. The molecular formula is C17H26N2O5. The first-order valence-electron chi connectivity index (χ1n) is 7.70. The SMILES string of the molecule is CN(Cc1cccc(O)c1)C1CN(C(=O)OC(C)(C)C)C1.O=CO. The molecule has 0 aromatic heterocycles. The second-order valence-corrected chi connectivity index (χ2v) is 6.73. The lowest BCUT2D eigenvalue weighted by Gasteiger charge is -2.44. The number of ether oxygens (including phenoxy) is 1. The molecule has 1 aromatic carbocycles. The van der Waals surface area contributed by atoms with Crippen molar-refractivity contribution in [2.45, 2.75) is 39.0 Å². The van der Waals surface area contributed by atoms with Crippen molar-refractivity contribution < 1.29 is 24.5 Å². The summed E-state index contributed by atoms with van der Waals surface area (Å²) in [7, 11) is 2.03. The van der Waals surface area contributed by atoms with Crippen molar-refractivity contribution >= 4 is 12.6 Å². The molecule has 7 nitrogen and oxygen atoms in total. The molecule has 0 atom stereocenters. The van der Waals surface area contributed by atoms with E-state index in [0.717, 1.165) is 12.1 Å². The van der Waals surface area contributed by atoms with Gasteiger partial charge in [0.25, 0.3) is 6.47 Å². The van der Waals surface area contributed by atoms with E-state index in [9.17, 15) is 9.90 Å². The zero-order chi connectivity index (χ0) is 18.3. The van der Waals surface area contributed by atoms with E-state index in [1.807, 2.05) is 40.0 Å². The van der Waals surface area contributed by atoms with Crippen LogP contribution in [-0.4, -0.2) is 64.4 Å². The van der Waals surface area contributed by atoms with Crippen LogP contribution in [0.4, 0.5) is 4.79 Å². The van der Waals surface area contributed by atoms with Crippen LogP contribution >= 0.6 is 0 Å². The van der Waals surface area contributed by atoms with Crippen molar-refractivity contribution in [3.8, 4) is 5.75 Å². The molecule has 1 amide bonds. The molecule has 0 bridgehead atoms. The third kappa shape index (κ3) is 6.45. The quantitative estimate of drug-likeness (QED) is 0.821. The molecule has 0 unspecified atom stereocenters. The third-order valence-corrected chi connectivity index (χ3v) is 3.48. The Morgan fingerprint density at radius 2 is 2.00 bits per heavy atom. The lowest BCUT2D eigenvalue weighted by Crippen LogP contribution is -2.60. The van der Waals surface area contributed by atoms with Gasteiger partial charge in [0.15, 0.2) is 0 Å². The van der Waals surface area contributed by atoms with Gasteiger partial charge in [-0.25, -0.2) is 4.79 Å². The predicted molar refractivity (Wildman–Crippen MR) is 89.9 cm³/mol. The first-order chi connectivity index (χ1) is 11.2. The second kappa shape index (κ2) is 8.54. The fourth-order valence-electron chi connectivity index (χ4n) is 2.28. The van der Waals surface area contributed by atoms with E-state index in [0.29, 0.717) is 19.1 Å². The first-order valence-corrected chi connectivity index (χ1v) is 7.70. The number of hydrogen-bond donors (Lipinski definition) is 2. The van der Waals surface area contributed by atoms with E-state index in [-0.39, 0.29) is 18.3 Å². The summed E-state index contributed by atoms with van der Waals surface area (Å²) >= 11 is 0. The van der Waals surface area contributed by atoms with E-state index < -0.39 is 5.60 Å². The predicted octanol–water partition coefficient (Wildman–Crippen LogP) is 2.14. The average molecular weight is 338 g/mol. The Balaban J connectivity index is 0.000000891. The molecule has 1 saturated heterocycles. The Labute approximate surface area is 142 Å². The Bertz CT molecular complexity index is 550. The van der Waals surface area contributed by atoms with Crippen LogP contribution in [0.25, 0.3) is 0 Å². The number of phenolic OH excluding ortho intramolecular Hbond substituents is 1. The summed E-state index contributed by atoms with van der Waals surface area (Å²) in [5.41, 5.74) is 0.614. The van der Waals surface area contributed by atoms with Crippen LogP contribution in [0.1, 0.15) is 26.3 Å². The number of carbonyl (C=O) groups is 2. The molecule has 0 aliphatic carbocycles. The first kappa shape index (κ1) is 19.8. The molecule has 24 heavy (non-hydrogen) atoms. The number of aromatic hydroxyl groups is 1. The van der Waals surface area contributed by atoms with Crippen LogP contribution in [0, 0.1) is 0 Å². The fraction of sp³-hybridized carbons (Fsp3) is 0.529. The maximum absolute atomic E-state index is 11.9. The van der Waals surface area contributed by atoms with E-state index in [1.54, 1.807) is 17.0 Å². The number of benzene rings is 1. The molecule has 2 N–H and O–H groups in total. The molecule has 1 heterocycles. The van der Waals surface area contributed by atoms with Crippen molar-refractivity contribution in [2.75, 3.05) is 20.1 Å². The highest BCUT2D eigenvalue weighted by Gasteiger charge is 2.35. The minimum absolute atomic E-state index is 0.246. The Kier molecular flexibility index (Phi) is 7.03. The number of rotatable bonds is 3. The van der Waals surface area contributed by atoms with Crippen molar-refractivity contribution in [1.82, 2.24) is 9.80 Å². The lowest BCUT2D eigenvalue weighted by molar-refractivity contribution is -0.122. The summed E-state index contributed by atoms with van der Waals surface area (Å²) in [5, 5.41) is 16.4. The number of nitrogens with zero attached hydrogens (tertiary/aromatic N) is 2. The summed E-state index contributed by atoms with van der Waals surface area (Å²) in [6.07, 6.45) is -0.246. The molecule has 1 fully saturated rings. The Morgan fingerprint density at radius 1 is 1.42 bits per heavy atom. The minimum atomic E-state index is -0.449. The summed E-state index contributed by atoms with van der Waals surface area (Å²) in [6, 6.07) is 7.59. The van der Waals surface area contributed by atoms with Gasteiger partial charge >= 0.3 is 6.09 Å². The molecule has 2 rings (SSSR count). The highest BCUT2D eigenvalue weighted by molar-refractivity contribution is 5.69. The molecule has 1 aliphatic heterocycles. The highest BCUT2D eigenvalue weighted by Crippen LogP contribution is 2.20. The van der Waals surface area contributed by atoms with Crippen molar-refractivity contribution in [3.63, 3.8) is 0 Å². The van der Waals surface area contributed by atoms with Crippen LogP contribution in [0.5, 0.6) is 5.75 Å². The minimum Gasteiger partial charge on any atom is -0.508 e. The molecule has 0 radical (unpaired) electrons. The molecule has 1 aromatic rings. The Morgan fingerprint density at radius 3 is 2.50 bits per heavy atom. The number of likely N-dealkylation sites (tertiary alicyclic amines) is 1. The summed E-state index contributed by atoms with van der Waals surface area (Å²) in [6.45, 7) is 7.48. The van der Waals surface area contributed by atoms with Gasteiger partial charge in [-0.15, -0.1) is 0 Å². The monoisotopic (exact) mass is 338 g/mol. The Hall–Kier alpha value is -2.28. The van der Waals surface area contributed by atoms with Gasteiger partial charge in [0, 0.05) is 25.7 Å². The topological polar surface area (TPSA) is 90.3 Å². The molecule has 0 spiro atoms. The molecule has 0 saturated carbocycles. The number of carbonyl (C=O) groups excluding carboxylic acids is 1. The summed E-state index contributed by atoms with van der Waals surface area (Å²) in [5.74, 6) is 0.282. The number of phenols is 1. The zero-order valence-corrected chi connectivity index (χ0v) is 14.6. The van der Waals surface area contributed by atoms with Crippen LogP contribution in [0.15, 0.2) is 24.3 Å². The number of hydrogen-bond acceptors (Lipinski definition) is 5. The van der Waals surface area contributed by atoms with Gasteiger partial charge < -0.3 is 19.8 Å². The summed E-state index contributed by atoms with van der Waals surface area (Å²) < 4.78 is 5.34. The van der Waals surface area contributed by atoms with Crippen molar-refractivity contribution in [1.29, 1.82) is 0 Å². The van der Waals surface area contributed by atoms with Crippen LogP contribution in [0.3, 0.4) is 0 Å². The molecular weight excluding hydrogens is 312 g/mol. The standard InChI is InChI=1S/C16H24N2O3.CH2O2/c1-16(2,3)21-15(20)18-10-13(11-18)17(4)9-12-6-5-7-14(19)8-12;2-1-3/h5-8,13,19H,9-11H2,1-4H3;1H,(H,2,3). The average Bonchev–Trinajstić information content (AvgIpc) is 2.35. The van der Waals surface area contributed by atoms with Gasteiger partial charge in [0.05, 0.1) is 0 Å². The normalized spacial score (nSPS) is 14.5. The van der Waals surface area contributed by atoms with Crippen LogP contribution in [0.2, 0.25) is 0 Å². The maximum atomic E-state index is 11.9. The van der Waals surface area contributed by atoms with Crippen molar-refractivity contribution in [3.05, 3.63) is 29.8 Å². The van der Waals surface area contributed by atoms with Gasteiger partial charge in [-0.3, -0.25) is 9.69 Å². The third-order valence-electron chi connectivity index (χ3n) is 3.48. The second-order valence-electron chi connectivity index (χ2n) is 6.73. The van der Waals surface area contributed by atoms with Gasteiger partial charge in [-0.05, 0) is 45.5 Å². The highest BCUT2D eigenvalue weighted by atomic mass is 16.6. The molecule has 134 valence electrons. The van der Waals surface area contributed by atoms with Crippen molar-refractivity contribution in [2.24, 2.45) is 0 Å². The molecule has 1 aliphatic rings. The van der Waals surface area contributed by atoms with E-state index in [4.69, 9.17) is 14.6 Å². The summed E-state index contributed by atoms with van der Waals surface area (Å²) in [4.78, 5) is 24.1. The number of likely N-dealkylation sites (N-methyl/N-ethyl adjacent to an activating group) is 1. The smallest absolute Gasteiger partial charge is 0.410 e. The van der Waals surface area contributed by atoms with Gasteiger partial charge in [0.1, 0.15) is 11.4 Å². The van der Waals surface area contributed by atoms with Gasteiger partial charge in [-0.2, -0.15) is 0 Å². The zero-order valence-electron chi connectivity index (χ0n) is 14.6.